The zero-order valence-corrected chi connectivity index (χ0v) is 9.52. The Morgan fingerprint density at radius 1 is 0.750 bits per heavy atom. The zero-order valence-electron chi connectivity index (χ0n) is 9.52. The molecule has 0 aliphatic rings. The van der Waals surface area contributed by atoms with Gasteiger partial charge in [0.05, 0.1) is 0 Å². The van der Waals surface area contributed by atoms with E-state index in [1.54, 1.807) is 0 Å². The number of aliphatic carboxylic acids is 2. The van der Waals surface area contributed by atoms with Crippen molar-refractivity contribution in [1.29, 1.82) is 0 Å². The molecule has 0 radical (unpaired) electrons. The van der Waals surface area contributed by atoms with E-state index < -0.39 is 11.9 Å². The number of carboxylic acid groups (broad SMARTS) is 2. The highest BCUT2D eigenvalue weighted by Gasteiger charge is 1.95. The third-order valence-electron chi connectivity index (χ3n) is 2.19. The minimum atomic E-state index is -0.748. The Labute approximate surface area is 96.0 Å². The summed E-state index contributed by atoms with van der Waals surface area (Å²) in [6.07, 6.45) is 9.64. The van der Waals surface area contributed by atoms with Gasteiger partial charge in [-0.25, -0.2) is 0 Å². The number of carbonyl (C=O) groups is 2. The van der Waals surface area contributed by atoms with E-state index in [-0.39, 0.29) is 12.8 Å². The summed E-state index contributed by atoms with van der Waals surface area (Å²) in [5.41, 5.74) is 0. The highest BCUT2D eigenvalue weighted by atomic mass is 16.4. The molecule has 16 heavy (non-hydrogen) atoms. The van der Waals surface area contributed by atoms with Crippen LogP contribution in [0, 0.1) is 0 Å². The SMILES string of the molecule is O=C(O)CCC/C=C/CCCCCC(=O)O. The minimum Gasteiger partial charge on any atom is -0.481 e. The van der Waals surface area contributed by atoms with E-state index in [9.17, 15) is 9.59 Å². The van der Waals surface area contributed by atoms with Crippen molar-refractivity contribution in [3.63, 3.8) is 0 Å². The Kier molecular flexibility index (Phi) is 9.36. The van der Waals surface area contributed by atoms with Crippen molar-refractivity contribution in [3.05, 3.63) is 12.2 Å². The molecule has 2 N–H and O–H groups in total. The third kappa shape index (κ3) is 12.7. The first-order valence-electron chi connectivity index (χ1n) is 5.71. The van der Waals surface area contributed by atoms with E-state index in [1.807, 2.05) is 12.2 Å². The highest BCUT2D eigenvalue weighted by Crippen LogP contribution is 2.04. The van der Waals surface area contributed by atoms with Crippen LogP contribution in [-0.2, 0) is 9.59 Å². The number of hydrogen-bond donors (Lipinski definition) is 2. The Morgan fingerprint density at radius 2 is 1.25 bits per heavy atom. The van der Waals surface area contributed by atoms with Crippen LogP contribution in [0.15, 0.2) is 12.2 Å². The Morgan fingerprint density at radius 3 is 1.81 bits per heavy atom. The fourth-order valence-electron chi connectivity index (χ4n) is 1.32. The van der Waals surface area contributed by atoms with Crippen LogP contribution in [0.25, 0.3) is 0 Å². The molecule has 0 aromatic heterocycles. The number of hydrogen-bond acceptors (Lipinski definition) is 2. The van der Waals surface area contributed by atoms with Crippen molar-refractivity contribution < 1.29 is 19.8 Å². The van der Waals surface area contributed by atoms with Crippen LogP contribution >= 0.6 is 0 Å². The molecule has 0 aliphatic carbocycles. The average Bonchev–Trinajstić information content (AvgIpc) is 2.20. The lowest BCUT2D eigenvalue weighted by atomic mass is 10.1. The summed E-state index contributed by atoms with van der Waals surface area (Å²) in [4.78, 5) is 20.4. The topological polar surface area (TPSA) is 74.6 Å². The number of unbranched alkanes of at least 4 members (excludes halogenated alkanes) is 4. The van der Waals surface area contributed by atoms with Crippen LogP contribution in [0.4, 0.5) is 0 Å². The van der Waals surface area contributed by atoms with Gasteiger partial charge in [-0.15, -0.1) is 0 Å². The second kappa shape index (κ2) is 10.2. The van der Waals surface area contributed by atoms with E-state index >= 15 is 0 Å². The average molecular weight is 228 g/mol. The van der Waals surface area contributed by atoms with E-state index in [0.29, 0.717) is 6.42 Å². The van der Waals surface area contributed by atoms with E-state index in [1.165, 1.54) is 0 Å². The monoisotopic (exact) mass is 228 g/mol. The second-order valence-electron chi connectivity index (χ2n) is 3.75. The summed E-state index contributed by atoms with van der Waals surface area (Å²) in [7, 11) is 0. The Hall–Kier alpha value is -1.32. The molecule has 0 aromatic carbocycles. The molecule has 4 heteroatoms. The fourth-order valence-corrected chi connectivity index (χ4v) is 1.32. The second-order valence-corrected chi connectivity index (χ2v) is 3.75. The number of carboxylic acids is 2. The molecule has 0 aromatic rings. The van der Waals surface area contributed by atoms with Gasteiger partial charge in [-0.3, -0.25) is 9.59 Å². The molecule has 0 saturated carbocycles. The molecule has 0 atom stereocenters. The Balaban J connectivity index is 3.15. The molecular formula is C12H20O4. The van der Waals surface area contributed by atoms with Crippen LogP contribution < -0.4 is 0 Å². The standard InChI is InChI=1S/C12H20O4/c13-11(14)9-7-5-3-1-2-4-6-8-10-12(15)16/h1,3H,2,4-10H2,(H,13,14)(H,15,16)/b3-1+. The molecule has 0 spiro atoms. The van der Waals surface area contributed by atoms with Gasteiger partial charge < -0.3 is 10.2 Å². The van der Waals surface area contributed by atoms with Crippen LogP contribution in [-0.4, -0.2) is 22.2 Å². The van der Waals surface area contributed by atoms with Crippen LogP contribution in [0.5, 0.6) is 0 Å². The van der Waals surface area contributed by atoms with E-state index in [2.05, 4.69) is 0 Å². The van der Waals surface area contributed by atoms with Crippen molar-refractivity contribution in [2.45, 2.75) is 51.4 Å². The van der Waals surface area contributed by atoms with Gasteiger partial charge in [-0.05, 0) is 32.1 Å². The first kappa shape index (κ1) is 14.7. The largest absolute Gasteiger partial charge is 0.481 e. The molecule has 0 fully saturated rings. The lowest BCUT2D eigenvalue weighted by Gasteiger charge is -1.95. The summed E-state index contributed by atoms with van der Waals surface area (Å²) >= 11 is 0. The van der Waals surface area contributed by atoms with E-state index in [0.717, 1.165) is 32.1 Å². The first-order valence-corrected chi connectivity index (χ1v) is 5.71. The van der Waals surface area contributed by atoms with Crippen molar-refractivity contribution in [1.82, 2.24) is 0 Å². The summed E-state index contributed by atoms with van der Waals surface area (Å²) in [5, 5.41) is 16.8. The predicted molar refractivity (Wildman–Crippen MR) is 61.3 cm³/mol. The highest BCUT2D eigenvalue weighted by molar-refractivity contribution is 5.66. The van der Waals surface area contributed by atoms with Crippen molar-refractivity contribution in [2.24, 2.45) is 0 Å². The predicted octanol–water partition coefficient (Wildman–Crippen LogP) is 2.83. The normalized spacial score (nSPS) is 10.8. The van der Waals surface area contributed by atoms with E-state index in [4.69, 9.17) is 10.2 Å². The maximum Gasteiger partial charge on any atom is 0.303 e. The Bertz CT molecular complexity index is 233. The van der Waals surface area contributed by atoms with Gasteiger partial charge in [-0.2, -0.15) is 0 Å². The summed E-state index contributed by atoms with van der Waals surface area (Å²) < 4.78 is 0. The van der Waals surface area contributed by atoms with Gasteiger partial charge in [0.1, 0.15) is 0 Å². The smallest absolute Gasteiger partial charge is 0.303 e. The molecule has 4 nitrogen and oxygen atoms in total. The summed E-state index contributed by atoms with van der Waals surface area (Å²) in [6, 6.07) is 0. The molecule has 92 valence electrons. The van der Waals surface area contributed by atoms with Gasteiger partial charge in [0, 0.05) is 12.8 Å². The lowest BCUT2D eigenvalue weighted by molar-refractivity contribution is -0.138. The molecule has 0 amide bonds. The molecule has 0 bridgehead atoms. The van der Waals surface area contributed by atoms with Crippen LogP contribution in [0.2, 0.25) is 0 Å². The minimum absolute atomic E-state index is 0.225. The lowest BCUT2D eigenvalue weighted by Crippen LogP contribution is -1.93. The van der Waals surface area contributed by atoms with Gasteiger partial charge in [0.25, 0.3) is 0 Å². The molecular weight excluding hydrogens is 208 g/mol. The van der Waals surface area contributed by atoms with Gasteiger partial charge in [0.2, 0.25) is 0 Å². The molecule has 0 unspecified atom stereocenters. The van der Waals surface area contributed by atoms with Crippen molar-refractivity contribution >= 4 is 11.9 Å². The van der Waals surface area contributed by atoms with Gasteiger partial charge >= 0.3 is 11.9 Å². The molecule has 0 saturated heterocycles. The van der Waals surface area contributed by atoms with Gasteiger partial charge in [0.15, 0.2) is 0 Å². The number of rotatable bonds is 10. The molecule has 0 rings (SSSR count). The third-order valence-corrected chi connectivity index (χ3v) is 2.19. The maximum absolute atomic E-state index is 10.2. The molecule has 0 aliphatic heterocycles. The first-order chi connectivity index (χ1) is 7.63. The fraction of sp³-hybridized carbons (Fsp3) is 0.667. The quantitative estimate of drug-likeness (QED) is 0.445. The van der Waals surface area contributed by atoms with Crippen molar-refractivity contribution in [2.75, 3.05) is 0 Å². The number of allylic oxidation sites excluding steroid dienone is 2. The van der Waals surface area contributed by atoms with Crippen molar-refractivity contribution in [3.8, 4) is 0 Å². The van der Waals surface area contributed by atoms with Crippen LogP contribution in [0.1, 0.15) is 51.4 Å². The summed E-state index contributed by atoms with van der Waals surface area (Å²) in [5.74, 6) is -1.48. The van der Waals surface area contributed by atoms with Crippen LogP contribution in [0.3, 0.4) is 0 Å². The maximum atomic E-state index is 10.2. The zero-order chi connectivity index (χ0) is 12.2. The molecule has 0 heterocycles. The van der Waals surface area contributed by atoms with Gasteiger partial charge in [-0.1, -0.05) is 18.6 Å². The summed E-state index contributed by atoms with van der Waals surface area (Å²) in [6.45, 7) is 0.